The number of pyridine rings is 1. The molecule has 0 N–H and O–H groups in total. The van der Waals surface area contributed by atoms with E-state index in [-0.39, 0.29) is 5.92 Å². The summed E-state index contributed by atoms with van der Waals surface area (Å²) in [5, 5.41) is 0. The first-order valence-electron chi connectivity index (χ1n) is 7.29. The number of hydrogen-bond acceptors (Lipinski definition) is 2. The number of Topliss-reactive ketones (excluding diaryl/α,β-unsaturated/α-hetero) is 1. The van der Waals surface area contributed by atoms with Gasteiger partial charge in [-0.3, -0.25) is 9.78 Å². The Kier molecular flexibility index (Phi) is 3.64. The zero-order valence-electron chi connectivity index (χ0n) is 11.8. The lowest BCUT2D eigenvalue weighted by Gasteiger charge is -2.07. The second kappa shape index (κ2) is 5.58. The van der Waals surface area contributed by atoms with Crippen LogP contribution in [-0.4, -0.2) is 10.8 Å². The SMILES string of the molecule is CCc1ccc(CC(=O)C2Cc3ccccc3C2)nc1. The molecule has 1 aromatic heterocycles. The van der Waals surface area contributed by atoms with Gasteiger partial charge in [0, 0.05) is 24.2 Å². The summed E-state index contributed by atoms with van der Waals surface area (Å²) in [7, 11) is 0. The molecule has 0 amide bonds. The number of carbonyl (C=O) groups excluding carboxylic acids is 1. The number of rotatable bonds is 4. The lowest BCUT2D eigenvalue weighted by Crippen LogP contribution is -2.17. The third-order valence-corrected chi connectivity index (χ3v) is 4.16. The number of aromatic nitrogens is 1. The smallest absolute Gasteiger partial charge is 0.142 e. The largest absolute Gasteiger partial charge is 0.299 e. The molecule has 3 rings (SSSR count). The fourth-order valence-corrected chi connectivity index (χ4v) is 2.88. The van der Waals surface area contributed by atoms with Gasteiger partial charge in [-0.05, 0) is 42.0 Å². The van der Waals surface area contributed by atoms with Crippen LogP contribution in [0.2, 0.25) is 0 Å². The number of aryl methyl sites for hydroxylation is 1. The quantitative estimate of drug-likeness (QED) is 0.850. The number of nitrogens with zero attached hydrogens (tertiary/aromatic N) is 1. The maximum atomic E-state index is 12.4. The Balaban J connectivity index is 1.66. The second-order valence-electron chi connectivity index (χ2n) is 5.53. The van der Waals surface area contributed by atoms with Gasteiger partial charge >= 0.3 is 0 Å². The van der Waals surface area contributed by atoms with Crippen LogP contribution in [0.4, 0.5) is 0 Å². The zero-order chi connectivity index (χ0) is 13.9. The maximum absolute atomic E-state index is 12.4. The van der Waals surface area contributed by atoms with E-state index in [0.717, 1.165) is 25.0 Å². The Morgan fingerprint density at radius 2 is 1.85 bits per heavy atom. The van der Waals surface area contributed by atoms with E-state index >= 15 is 0 Å². The van der Waals surface area contributed by atoms with Crippen molar-refractivity contribution in [3.8, 4) is 0 Å². The summed E-state index contributed by atoms with van der Waals surface area (Å²) in [5.41, 5.74) is 4.78. The van der Waals surface area contributed by atoms with Crippen LogP contribution in [0.1, 0.15) is 29.3 Å². The van der Waals surface area contributed by atoms with Crippen molar-refractivity contribution in [1.29, 1.82) is 0 Å². The lowest BCUT2D eigenvalue weighted by molar-refractivity contribution is -0.122. The average molecular weight is 265 g/mol. The van der Waals surface area contributed by atoms with Crippen LogP contribution in [-0.2, 0) is 30.5 Å². The zero-order valence-corrected chi connectivity index (χ0v) is 11.8. The monoisotopic (exact) mass is 265 g/mol. The van der Waals surface area contributed by atoms with Gasteiger partial charge in [-0.15, -0.1) is 0 Å². The molecule has 0 saturated carbocycles. The van der Waals surface area contributed by atoms with Crippen molar-refractivity contribution in [1.82, 2.24) is 4.98 Å². The van der Waals surface area contributed by atoms with Crippen LogP contribution in [0.15, 0.2) is 42.6 Å². The number of benzene rings is 1. The molecule has 102 valence electrons. The fraction of sp³-hybridized carbons (Fsp3) is 0.333. The molecule has 1 aliphatic rings. The molecule has 0 unspecified atom stereocenters. The van der Waals surface area contributed by atoms with E-state index in [9.17, 15) is 4.79 Å². The first-order chi connectivity index (χ1) is 9.76. The topological polar surface area (TPSA) is 30.0 Å². The van der Waals surface area contributed by atoms with E-state index in [4.69, 9.17) is 0 Å². The van der Waals surface area contributed by atoms with Crippen LogP contribution in [0.5, 0.6) is 0 Å². The first-order valence-corrected chi connectivity index (χ1v) is 7.29. The molecule has 0 fully saturated rings. The Morgan fingerprint density at radius 3 is 2.40 bits per heavy atom. The molecule has 0 saturated heterocycles. The molecule has 2 nitrogen and oxygen atoms in total. The van der Waals surface area contributed by atoms with Gasteiger partial charge < -0.3 is 0 Å². The summed E-state index contributed by atoms with van der Waals surface area (Å²) in [5.74, 6) is 0.456. The Bertz CT molecular complexity index is 591. The van der Waals surface area contributed by atoms with Crippen molar-refractivity contribution in [2.45, 2.75) is 32.6 Å². The summed E-state index contributed by atoms with van der Waals surface area (Å²) in [4.78, 5) is 16.8. The molecule has 2 aromatic rings. The first kappa shape index (κ1) is 13.0. The van der Waals surface area contributed by atoms with Gasteiger partial charge in [0.25, 0.3) is 0 Å². The van der Waals surface area contributed by atoms with Crippen molar-refractivity contribution in [2.75, 3.05) is 0 Å². The van der Waals surface area contributed by atoms with Gasteiger partial charge in [0.1, 0.15) is 5.78 Å². The number of carbonyl (C=O) groups is 1. The summed E-state index contributed by atoms with van der Waals surface area (Å²) >= 11 is 0. The predicted octanol–water partition coefficient (Wildman–Crippen LogP) is 3.17. The molecule has 1 aliphatic carbocycles. The minimum absolute atomic E-state index is 0.139. The van der Waals surface area contributed by atoms with Crippen LogP contribution in [0.3, 0.4) is 0 Å². The molecule has 0 spiro atoms. The Morgan fingerprint density at radius 1 is 1.15 bits per heavy atom. The molecule has 0 bridgehead atoms. The number of hydrogen-bond donors (Lipinski definition) is 0. The van der Waals surface area contributed by atoms with Gasteiger partial charge in [0.2, 0.25) is 0 Å². The van der Waals surface area contributed by atoms with Crippen LogP contribution in [0, 0.1) is 5.92 Å². The molecular weight excluding hydrogens is 246 g/mol. The van der Waals surface area contributed by atoms with Crippen molar-refractivity contribution in [3.05, 3.63) is 65.0 Å². The summed E-state index contributed by atoms with van der Waals surface area (Å²) < 4.78 is 0. The van der Waals surface area contributed by atoms with Crippen LogP contribution >= 0.6 is 0 Å². The molecule has 1 aromatic carbocycles. The van der Waals surface area contributed by atoms with E-state index in [2.05, 4.69) is 42.2 Å². The third-order valence-electron chi connectivity index (χ3n) is 4.16. The molecule has 0 atom stereocenters. The summed E-state index contributed by atoms with van der Waals surface area (Å²) in [6, 6.07) is 12.4. The number of ketones is 1. The van der Waals surface area contributed by atoms with Crippen molar-refractivity contribution >= 4 is 5.78 Å². The van der Waals surface area contributed by atoms with Crippen molar-refractivity contribution < 1.29 is 4.79 Å². The van der Waals surface area contributed by atoms with Gasteiger partial charge in [-0.2, -0.15) is 0 Å². The highest BCUT2D eigenvalue weighted by atomic mass is 16.1. The average Bonchev–Trinajstić information content (AvgIpc) is 2.92. The molecular formula is C18H19NO. The van der Waals surface area contributed by atoms with Gasteiger partial charge in [0.05, 0.1) is 0 Å². The normalized spacial score (nSPS) is 14.2. The minimum atomic E-state index is 0.139. The highest BCUT2D eigenvalue weighted by Crippen LogP contribution is 2.27. The summed E-state index contributed by atoms with van der Waals surface area (Å²) in [6.07, 6.45) is 5.11. The van der Waals surface area contributed by atoms with Crippen LogP contribution in [0.25, 0.3) is 0 Å². The van der Waals surface area contributed by atoms with Crippen molar-refractivity contribution in [2.24, 2.45) is 5.92 Å². The van der Waals surface area contributed by atoms with Gasteiger partial charge in [-0.25, -0.2) is 0 Å². The maximum Gasteiger partial charge on any atom is 0.142 e. The Hall–Kier alpha value is -1.96. The third kappa shape index (κ3) is 2.64. The lowest BCUT2D eigenvalue weighted by atomic mass is 9.97. The standard InChI is InChI=1S/C18H19NO/c1-2-13-7-8-17(19-12-13)11-18(20)16-9-14-5-3-4-6-15(14)10-16/h3-8,12,16H,2,9-11H2,1H3. The molecule has 1 heterocycles. The predicted molar refractivity (Wildman–Crippen MR) is 79.7 cm³/mol. The molecule has 2 heteroatoms. The van der Waals surface area contributed by atoms with E-state index in [1.807, 2.05) is 12.3 Å². The van der Waals surface area contributed by atoms with Gasteiger partial charge in [0.15, 0.2) is 0 Å². The van der Waals surface area contributed by atoms with E-state index in [1.54, 1.807) is 0 Å². The molecule has 0 radical (unpaired) electrons. The molecule has 20 heavy (non-hydrogen) atoms. The second-order valence-corrected chi connectivity index (χ2v) is 5.53. The van der Waals surface area contributed by atoms with Crippen LogP contribution < -0.4 is 0 Å². The highest BCUT2D eigenvalue weighted by Gasteiger charge is 2.26. The highest BCUT2D eigenvalue weighted by molar-refractivity contribution is 5.84. The van der Waals surface area contributed by atoms with Gasteiger partial charge in [-0.1, -0.05) is 37.3 Å². The summed E-state index contributed by atoms with van der Waals surface area (Å²) in [6.45, 7) is 2.11. The number of fused-ring (bicyclic) bond motifs is 1. The Labute approximate surface area is 119 Å². The van der Waals surface area contributed by atoms with E-state index < -0.39 is 0 Å². The molecule has 0 aliphatic heterocycles. The van der Waals surface area contributed by atoms with E-state index in [1.165, 1.54) is 16.7 Å². The van der Waals surface area contributed by atoms with E-state index in [0.29, 0.717) is 12.2 Å². The van der Waals surface area contributed by atoms with Crippen molar-refractivity contribution in [3.63, 3.8) is 0 Å². The minimum Gasteiger partial charge on any atom is -0.299 e. The fourth-order valence-electron chi connectivity index (χ4n) is 2.88.